The number of aliphatic hydroxyl groups is 2. The van der Waals surface area contributed by atoms with Crippen LogP contribution in [0.25, 0.3) is 0 Å². The minimum absolute atomic E-state index is 0.0879. The fourth-order valence-electron chi connectivity index (χ4n) is 2.79. The molecule has 0 aliphatic heterocycles. The molecule has 0 bridgehead atoms. The maximum Gasteiger partial charge on any atom is 0.192 e. The standard InChI is InChI=1S/C22H40O3Si/c1-17(2)21(25-26(6,7)22(3,4)5)16-19(23)14-11-15-20(24)18-12-9-8-10-13-18/h8-10,12-13,17,19-21,23-24H,11,14-16H2,1-7H3/t19-,20+,21-/m1/s1. The molecule has 1 aromatic carbocycles. The van der Waals surface area contributed by atoms with E-state index in [0.717, 1.165) is 12.0 Å². The van der Waals surface area contributed by atoms with E-state index in [0.29, 0.717) is 25.2 Å². The normalized spacial score (nSPS) is 16.5. The van der Waals surface area contributed by atoms with Crippen LogP contribution in [-0.4, -0.2) is 30.7 Å². The van der Waals surface area contributed by atoms with Gasteiger partial charge in [0, 0.05) is 6.10 Å². The Morgan fingerprint density at radius 3 is 2.08 bits per heavy atom. The number of rotatable bonds is 10. The summed E-state index contributed by atoms with van der Waals surface area (Å²) >= 11 is 0. The molecule has 0 spiro atoms. The van der Waals surface area contributed by atoms with Crippen LogP contribution in [0.5, 0.6) is 0 Å². The van der Waals surface area contributed by atoms with Gasteiger partial charge in [-0.3, -0.25) is 0 Å². The molecular formula is C22H40O3Si. The molecule has 0 saturated carbocycles. The van der Waals surface area contributed by atoms with Crippen LogP contribution in [0.15, 0.2) is 30.3 Å². The molecule has 0 unspecified atom stereocenters. The maximum absolute atomic E-state index is 10.5. The van der Waals surface area contributed by atoms with Gasteiger partial charge in [0.25, 0.3) is 0 Å². The lowest BCUT2D eigenvalue weighted by Gasteiger charge is -2.41. The Kier molecular flexibility index (Phi) is 9.00. The zero-order valence-corrected chi connectivity index (χ0v) is 18.8. The monoisotopic (exact) mass is 380 g/mol. The van der Waals surface area contributed by atoms with Crippen molar-refractivity contribution in [1.29, 1.82) is 0 Å². The van der Waals surface area contributed by atoms with Crippen molar-refractivity contribution in [2.75, 3.05) is 0 Å². The first-order valence-electron chi connectivity index (χ1n) is 10.0. The SMILES string of the molecule is CC(C)[C@@H](C[C@H](O)CCC[C@H](O)c1ccccc1)O[Si](C)(C)C(C)(C)C. The van der Waals surface area contributed by atoms with Crippen molar-refractivity contribution in [2.24, 2.45) is 5.92 Å². The van der Waals surface area contributed by atoms with E-state index in [1.54, 1.807) is 0 Å². The van der Waals surface area contributed by atoms with Crippen molar-refractivity contribution in [3.63, 3.8) is 0 Å². The van der Waals surface area contributed by atoms with E-state index >= 15 is 0 Å². The topological polar surface area (TPSA) is 49.7 Å². The summed E-state index contributed by atoms with van der Waals surface area (Å²) in [4.78, 5) is 0. The van der Waals surface area contributed by atoms with Crippen LogP contribution in [0, 0.1) is 5.92 Å². The fourth-order valence-corrected chi connectivity index (χ4v) is 4.27. The maximum atomic E-state index is 10.5. The predicted octanol–water partition coefficient (Wildman–Crippen LogP) is 5.69. The molecule has 0 radical (unpaired) electrons. The molecule has 2 N–H and O–H groups in total. The molecule has 4 heteroatoms. The predicted molar refractivity (Wildman–Crippen MR) is 113 cm³/mol. The van der Waals surface area contributed by atoms with E-state index in [4.69, 9.17) is 4.43 Å². The van der Waals surface area contributed by atoms with Gasteiger partial charge in [-0.1, -0.05) is 65.0 Å². The summed E-state index contributed by atoms with van der Waals surface area (Å²) in [5.74, 6) is 0.383. The second-order valence-corrected chi connectivity index (χ2v) is 14.2. The quantitative estimate of drug-likeness (QED) is 0.513. The summed E-state index contributed by atoms with van der Waals surface area (Å²) in [6, 6.07) is 9.73. The lowest BCUT2D eigenvalue weighted by Crippen LogP contribution is -2.46. The van der Waals surface area contributed by atoms with Crippen molar-refractivity contribution < 1.29 is 14.6 Å². The van der Waals surface area contributed by atoms with Crippen LogP contribution in [0.2, 0.25) is 18.1 Å². The third-order valence-corrected chi connectivity index (χ3v) is 10.2. The average Bonchev–Trinajstić information content (AvgIpc) is 2.53. The molecule has 0 aromatic heterocycles. The van der Waals surface area contributed by atoms with Gasteiger partial charge in [0.05, 0.1) is 12.2 Å². The van der Waals surface area contributed by atoms with Gasteiger partial charge in [0.1, 0.15) is 0 Å². The molecule has 0 heterocycles. The molecule has 3 nitrogen and oxygen atoms in total. The van der Waals surface area contributed by atoms with Crippen molar-refractivity contribution in [1.82, 2.24) is 0 Å². The van der Waals surface area contributed by atoms with E-state index in [9.17, 15) is 10.2 Å². The van der Waals surface area contributed by atoms with Gasteiger partial charge < -0.3 is 14.6 Å². The largest absolute Gasteiger partial charge is 0.414 e. The minimum Gasteiger partial charge on any atom is -0.414 e. The van der Waals surface area contributed by atoms with Crippen LogP contribution in [0.1, 0.15) is 72.0 Å². The van der Waals surface area contributed by atoms with Crippen molar-refractivity contribution >= 4 is 8.32 Å². The second kappa shape index (κ2) is 10.0. The fraction of sp³-hybridized carbons (Fsp3) is 0.727. The molecule has 1 aromatic rings. The van der Waals surface area contributed by atoms with E-state index < -0.39 is 14.4 Å². The van der Waals surface area contributed by atoms with Crippen molar-refractivity contribution in [2.45, 2.75) is 96.7 Å². The van der Waals surface area contributed by atoms with Gasteiger partial charge in [-0.2, -0.15) is 0 Å². The molecule has 1 rings (SSSR count). The number of hydrogen-bond acceptors (Lipinski definition) is 3. The van der Waals surface area contributed by atoms with Gasteiger partial charge >= 0.3 is 0 Å². The molecule has 150 valence electrons. The third kappa shape index (κ3) is 7.51. The van der Waals surface area contributed by atoms with E-state index in [1.807, 2.05) is 30.3 Å². The second-order valence-electron chi connectivity index (χ2n) is 9.41. The summed E-state index contributed by atoms with van der Waals surface area (Å²) in [5.41, 5.74) is 0.948. The first kappa shape index (κ1) is 23.4. The number of aliphatic hydroxyl groups excluding tert-OH is 2. The van der Waals surface area contributed by atoms with Gasteiger partial charge in [-0.25, -0.2) is 0 Å². The van der Waals surface area contributed by atoms with Crippen molar-refractivity contribution in [3.8, 4) is 0 Å². The summed E-state index contributed by atoms with van der Waals surface area (Å²) in [6.07, 6.45) is 2.12. The first-order chi connectivity index (χ1) is 11.9. The van der Waals surface area contributed by atoms with Gasteiger partial charge in [-0.15, -0.1) is 0 Å². The molecule has 26 heavy (non-hydrogen) atoms. The molecular weight excluding hydrogens is 340 g/mol. The third-order valence-electron chi connectivity index (χ3n) is 5.70. The Morgan fingerprint density at radius 2 is 1.58 bits per heavy atom. The Balaban J connectivity index is 2.49. The molecule has 3 atom stereocenters. The lowest BCUT2D eigenvalue weighted by atomic mass is 9.97. The summed E-state index contributed by atoms with van der Waals surface area (Å²) in [6.45, 7) is 15.6. The van der Waals surface area contributed by atoms with Gasteiger partial charge in [-0.05, 0) is 55.3 Å². The highest BCUT2D eigenvalue weighted by molar-refractivity contribution is 6.74. The molecule has 0 fully saturated rings. The zero-order valence-electron chi connectivity index (χ0n) is 17.8. The Labute approximate surface area is 161 Å². The number of benzene rings is 1. The highest BCUT2D eigenvalue weighted by atomic mass is 28.4. The van der Waals surface area contributed by atoms with Crippen LogP contribution in [0.4, 0.5) is 0 Å². The van der Waals surface area contributed by atoms with E-state index in [2.05, 4.69) is 47.7 Å². The summed E-state index contributed by atoms with van der Waals surface area (Å²) in [7, 11) is -1.84. The molecule has 0 aliphatic carbocycles. The Hall–Kier alpha value is -0.683. The average molecular weight is 381 g/mol. The zero-order chi connectivity index (χ0) is 20.0. The van der Waals surface area contributed by atoms with Crippen LogP contribution in [0.3, 0.4) is 0 Å². The smallest absolute Gasteiger partial charge is 0.192 e. The van der Waals surface area contributed by atoms with Gasteiger partial charge in [0.2, 0.25) is 0 Å². The Morgan fingerprint density at radius 1 is 1.00 bits per heavy atom. The molecule has 0 saturated heterocycles. The summed E-state index contributed by atoms with van der Waals surface area (Å²) < 4.78 is 6.56. The summed E-state index contributed by atoms with van der Waals surface area (Å²) in [5, 5.41) is 20.9. The van der Waals surface area contributed by atoms with E-state index in [1.165, 1.54) is 0 Å². The molecule has 0 amide bonds. The lowest BCUT2D eigenvalue weighted by molar-refractivity contribution is 0.0531. The van der Waals surface area contributed by atoms with E-state index in [-0.39, 0.29) is 17.2 Å². The van der Waals surface area contributed by atoms with Crippen molar-refractivity contribution in [3.05, 3.63) is 35.9 Å². The Bertz CT molecular complexity index is 508. The minimum atomic E-state index is -1.84. The highest BCUT2D eigenvalue weighted by Crippen LogP contribution is 2.38. The first-order valence-corrected chi connectivity index (χ1v) is 12.9. The molecule has 0 aliphatic rings. The van der Waals surface area contributed by atoms with Crippen LogP contribution >= 0.6 is 0 Å². The number of hydrogen-bond donors (Lipinski definition) is 2. The van der Waals surface area contributed by atoms with Crippen LogP contribution < -0.4 is 0 Å². The van der Waals surface area contributed by atoms with Gasteiger partial charge in [0.15, 0.2) is 8.32 Å². The highest BCUT2D eigenvalue weighted by Gasteiger charge is 2.40. The van der Waals surface area contributed by atoms with Crippen LogP contribution in [-0.2, 0) is 4.43 Å².